The standard InChI is InChI=1S/C28H23ClN4O7/c29-20-12-17(10-11-22(20)35)27(39)32-26-28(40)33(14-23(36)30-18(15-34)13-24(37)38)21-9-5-4-8-19(21)25(31-26)16-6-2-1-3-7-16/h1-12,15,18,26,35H,13-14H2,(H,30,36)(H,32,39)(H,37,38)/t18-,26?/m0/s1. The van der Waals surface area contributed by atoms with Crippen molar-refractivity contribution >= 4 is 53.0 Å². The van der Waals surface area contributed by atoms with Crippen molar-refractivity contribution in [1.29, 1.82) is 0 Å². The number of benzodiazepines with no additional fused rings is 1. The van der Waals surface area contributed by atoms with Crippen LogP contribution in [0.5, 0.6) is 5.75 Å². The molecule has 0 saturated carbocycles. The molecule has 1 aliphatic heterocycles. The van der Waals surface area contributed by atoms with Crippen molar-refractivity contribution in [1.82, 2.24) is 10.6 Å². The average molecular weight is 563 g/mol. The van der Waals surface area contributed by atoms with Crippen molar-refractivity contribution in [3.63, 3.8) is 0 Å². The minimum absolute atomic E-state index is 0.0561. The first-order chi connectivity index (χ1) is 19.2. The molecule has 12 heteroatoms. The zero-order valence-corrected chi connectivity index (χ0v) is 21.5. The molecule has 0 spiro atoms. The predicted molar refractivity (Wildman–Crippen MR) is 145 cm³/mol. The number of carbonyl (C=O) groups is 5. The Morgan fingerprint density at radius 3 is 2.42 bits per heavy atom. The highest BCUT2D eigenvalue weighted by molar-refractivity contribution is 6.32. The first kappa shape index (κ1) is 28.0. The molecule has 3 aromatic carbocycles. The number of aliphatic carboxylic acids is 1. The van der Waals surface area contributed by atoms with E-state index in [0.717, 1.165) is 4.90 Å². The van der Waals surface area contributed by atoms with E-state index in [0.29, 0.717) is 28.8 Å². The number of hydrogen-bond donors (Lipinski definition) is 4. The molecule has 0 radical (unpaired) electrons. The van der Waals surface area contributed by atoms with E-state index >= 15 is 0 Å². The van der Waals surface area contributed by atoms with Gasteiger partial charge in [0.15, 0.2) is 0 Å². The first-order valence-corrected chi connectivity index (χ1v) is 12.4. The number of aliphatic imine (C=N–C) groups is 1. The number of nitrogens with zero attached hydrogens (tertiary/aromatic N) is 2. The van der Waals surface area contributed by atoms with E-state index in [2.05, 4.69) is 15.6 Å². The van der Waals surface area contributed by atoms with Crippen LogP contribution < -0.4 is 15.5 Å². The molecule has 0 aromatic heterocycles. The second-order valence-corrected chi connectivity index (χ2v) is 9.14. The normalized spacial score (nSPS) is 15.2. The first-order valence-electron chi connectivity index (χ1n) is 12.0. The van der Waals surface area contributed by atoms with Gasteiger partial charge < -0.3 is 25.6 Å². The van der Waals surface area contributed by atoms with Gasteiger partial charge in [0.25, 0.3) is 11.8 Å². The van der Waals surface area contributed by atoms with Crippen LogP contribution in [0.1, 0.15) is 27.9 Å². The Labute approximate surface area is 233 Å². The number of carboxylic acid groups (broad SMARTS) is 1. The van der Waals surface area contributed by atoms with Crippen LogP contribution in [-0.4, -0.2) is 64.7 Å². The molecule has 0 aliphatic carbocycles. The molecule has 4 N–H and O–H groups in total. The van der Waals surface area contributed by atoms with Gasteiger partial charge in [-0.25, -0.2) is 4.99 Å². The summed E-state index contributed by atoms with van der Waals surface area (Å²) in [5.74, 6) is -3.77. The van der Waals surface area contributed by atoms with E-state index in [-0.39, 0.29) is 16.3 Å². The van der Waals surface area contributed by atoms with Crippen LogP contribution in [-0.2, 0) is 19.2 Å². The highest BCUT2D eigenvalue weighted by atomic mass is 35.5. The fourth-order valence-corrected chi connectivity index (χ4v) is 4.27. The van der Waals surface area contributed by atoms with Gasteiger partial charge in [-0.15, -0.1) is 0 Å². The fraction of sp³-hybridized carbons (Fsp3) is 0.143. The van der Waals surface area contributed by atoms with Gasteiger partial charge >= 0.3 is 5.97 Å². The zero-order valence-electron chi connectivity index (χ0n) is 20.8. The number of aldehydes is 1. The number of rotatable bonds is 9. The van der Waals surface area contributed by atoms with Gasteiger partial charge in [0.05, 0.1) is 28.9 Å². The van der Waals surface area contributed by atoms with Crippen LogP contribution in [0.4, 0.5) is 5.69 Å². The van der Waals surface area contributed by atoms with Crippen LogP contribution >= 0.6 is 11.6 Å². The van der Waals surface area contributed by atoms with E-state index in [1.165, 1.54) is 18.2 Å². The molecule has 204 valence electrons. The Morgan fingerprint density at radius 1 is 1.05 bits per heavy atom. The maximum absolute atomic E-state index is 13.8. The molecule has 1 aliphatic rings. The molecular weight excluding hydrogens is 540 g/mol. The fourth-order valence-electron chi connectivity index (χ4n) is 4.09. The van der Waals surface area contributed by atoms with E-state index in [1.54, 1.807) is 48.5 Å². The molecule has 0 fully saturated rings. The molecule has 3 aromatic rings. The van der Waals surface area contributed by atoms with E-state index < -0.39 is 48.9 Å². The average Bonchev–Trinajstić information content (AvgIpc) is 3.05. The number of aromatic hydroxyl groups is 1. The van der Waals surface area contributed by atoms with Gasteiger partial charge in [0.1, 0.15) is 18.6 Å². The van der Waals surface area contributed by atoms with Gasteiger partial charge in [0, 0.05) is 16.7 Å². The van der Waals surface area contributed by atoms with Gasteiger partial charge in [-0.1, -0.05) is 60.1 Å². The number of phenolic OH excluding ortho intramolecular Hbond substituents is 1. The second-order valence-electron chi connectivity index (χ2n) is 8.74. The Balaban J connectivity index is 1.74. The lowest BCUT2D eigenvalue weighted by Crippen LogP contribution is -2.51. The largest absolute Gasteiger partial charge is 0.506 e. The number of para-hydroxylation sites is 1. The van der Waals surface area contributed by atoms with Crippen molar-refractivity contribution in [2.45, 2.75) is 18.6 Å². The molecule has 0 saturated heterocycles. The number of halogens is 1. The van der Waals surface area contributed by atoms with Crippen molar-refractivity contribution in [3.8, 4) is 5.75 Å². The number of nitrogens with one attached hydrogen (secondary N) is 2. The van der Waals surface area contributed by atoms with Crippen LogP contribution in [0, 0.1) is 0 Å². The SMILES string of the molecule is O=C[C@H](CC(=O)O)NC(=O)CN1C(=O)C(NC(=O)c2ccc(O)c(Cl)c2)N=C(c2ccccc2)c2ccccc21. The van der Waals surface area contributed by atoms with E-state index in [4.69, 9.17) is 16.7 Å². The number of fused-ring (bicyclic) bond motifs is 1. The number of phenols is 1. The smallest absolute Gasteiger partial charge is 0.305 e. The summed E-state index contributed by atoms with van der Waals surface area (Å²) in [7, 11) is 0. The van der Waals surface area contributed by atoms with E-state index in [9.17, 15) is 29.1 Å². The van der Waals surface area contributed by atoms with Gasteiger partial charge in [-0.3, -0.25) is 24.1 Å². The predicted octanol–water partition coefficient (Wildman–Crippen LogP) is 2.14. The summed E-state index contributed by atoms with van der Waals surface area (Å²) in [5.41, 5.74) is 1.88. The third kappa shape index (κ3) is 6.33. The number of benzene rings is 3. The van der Waals surface area contributed by atoms with Crippen molar-refractivity contribution in [2.75, 3.05) is 11.4 Å². The minimum Gasteiger partial charge on any atom is -0.506 e. The molecule has 11 nitrogen and oxygen atoms in total. The number of amides is 3. The monoisotopic (exact) mass is 562 g/mol. The van der Waals surface area contributed by atoms with E-state index in [1.807, 2.05) is 6.07 Å². The summed E-state index contributed by atoms with van der Waals surface area (Å²) in [6.45, 7) is -0.588. The number of carbonyl (C=O) groups excluding carboxylic acids is 4. The molecule has 2 atom stereocenters. The summed E-state index contributed by atoms with van der Waals surface area (Å²) in [6, 6.07) is 18.1. The third-order valence-corrected chi connectivity index (χ3v) is 6.24. The quantitative estimate of drug-likeness (QED) is 0.290. The summed E-state index contributed by atoms with van der Waals surface area (Å²) < 4.78 is 0. The Hall–Kier alpha value is -5.03. The van der Waals surface area contributed by atoms with Crippen LogP contribution in [0.3, 0.4) is 0 Å². The molecular formula is C28H23ClN4O7. The lowest BCUT2D eigenvalue weighted by Gasteiger charge is -2.25. The van der Waals surface area contributed by atoms with Crippen molar-refractivity contribution in [2.24, 2.45) is 4.99 Å². The van der Waals surface area contributed by atoms with Crippen LogP contribution in [0.15, 0.2) is 77.8 Å². The topological polar surface area (TPSA) is 165 Å². The summed E-state index contributed by atoms with van der Waals surface area (Å²) >= 11 is 5.95. The van der Waals surface area contributed by atoms with Crippen molar-refractivity contribution in [3.05, 3.63) is 94.5 Å². The maximum Gasteiger partial charge on any atom is 0.305 e. The number of anilines is 1. The Kier molecular flexibility index (Phi) is 8.55. The molecule has 4 rings (SSSR count). The molecule has 40 heavy (non-hydrogen) atoms. The second kappa shape index (κ2) is 12.2. The Morgan fingerprint density at radius 2 is 1.75 bits per heavy atom. The minimum atomic E-state index is -1.49. The van der Waals surface area contributed by atoms with Crippen LogP contribution in [0.2, 0.25) is 5.02 Å². The summed E-state index contributed by atoms with van der Waals surface area (Å²) in [6.07, 6.45) is -1.82. The third-order valence-electron chi connectivity index (χ3n) is 5.94. The Bertz CT molecular complexity index is 1510. The van der Waals surface area contributed by atoms with Gasteiger partial charge in [0.2, 0.25) is 12.1 Å². The molecule has 3 amide bonds. The lowest BCUT2D eigenvalue weighted by molar-refractivity contribution is -0.138. The molecule has 0 bridgehead atoms. The summed E-state index contributed by atoms with van der Waals surface area (Å²) in [5, 5.41) is 23.5. The summed E-state index contributed by atoms with van der Waals surface area (Å²) in [4.78, 5) is 67.8. The van der Waals surface area contributed by atoms with Crippen molar-refractivity contribution < 1.29 is 34.2 Å². The maximum atomic E-state index is 13.8. The molecule has 1 heterocycles. The number of hydrogen-bond acceptors (Lipinski definition) is 7. The number of carboxylic acids is 1. The van der Waals surface area contributed by atoms with Gasteiger partial charge in [-0.2, -0.15) is 0 Å². The zero-order chi connectivity index (χ0) is 28.8. The highest BCUT2D eigenvalue weighted by Gasteiger charge is 2.34. The van der Waals surface area contributed by atoms with Crippen LogP contribution in [0.25, 0.3) is 0 Å². The lowest BCUT2D eigenvalue weighted by atomic mass is 10.0. The van der Waals surface area contributed by atoms with Gasteiger partial charge in [-0.05, 0) is 24.3 Å². The molecule has 1 unspecified atom stereocenters. The highest BCUT2D eigenvalue weighted by Crippen LogP contribution is 2.29.